The lowest BCUT2D eigenvalue weighted by Crippen LogP contribution is -2.06. The number of furan rings is 1. The van der Waals surface area contributed by atoms with Crippen molar-refractivity contribution in [3.05, 3.63) is 212 Å². The fourth-order valence-corrected chi connectivity index (χ4v) is 8.75. The van der Waals surface area contributed by atoms with Gasteiger partial charge in [0.15, 0.2) is 17.5 Å². The van der Waals surface area contributed by atoms with E-state index in [9.17, 15) is 0 Å². The van der Waals surface area contributed by atoms with E-state index in [-0.39, 0.29) is 0 Å². The Morgan fingerprint density at radius 2 is 0.887 bits per heavy atom. The van der Waals surface area contributed by atoms with E-state index in [0.717, 1.165) is 93.8 Å². The molecule has 0 N–H and O–H groups in total. The van der Waals surface area contributed by atoms with Crippen molar-refractivity contribution in [3.63, 3.8) is 0 Å². The first-order chi connectivity index (χ1) is 30.7. The van der Waals surface area contributed by atoms with Gasteiger partial charge in [-0.25, -0.2) is 19.9 Å². The van der Waals surface area contributed by atoms with Gasteiger partial charge in [0.05, 0.1) is 16.6 Å². The quantitative estimate of drug-likeness (QED) is 0.161. The van der Waals surface area contributed by atoms with E-state index in [1.807, 2.05) is 85.1 Å². The van der Waals surface area contributed by atoms with Gasteiger partial charge in [-0.2, -0.15) is 0 Å². The van der Waals surface area contributed by atoms with Crippen LogP contribution >= 0.6 is 0 Å². The summed E-state index contributed by atoms with van der Waals surface area (Å²) in [6.45, 7) is 0. The van der Waals surface area contributed by atoms with Crippen LogP contribution < -0.4 is 0 Å². The normalized spacial score (nSPS) is 11.5. The Labute approximate surface area is 357 Å². The number of para-hydroxylation sites is 2. The lowest BCUT2D eigenvalue weighted by molar-refractivity contribution is 0.669. The number of fused-ring (bicyclic) bond motifs is 6. The molecule has 4 aromatic heterocycles. The molecule has 6 nitrogen and oxygen atoms in total. The van der Waals surface area contributed by atoms with Crippen molar-refractivity contribution in [2.75, 3.05) is 0 Å². The number of hydrogen-bond acceptors (Lipinski definition) is 5. The van der Waals surface area contributed by atoms with Gasteiger partial charge >= 0.3 is 0 Å². The molecule has 8 aromatic carbocycles. The van der Waals surface area contributed by atoms with Crippen molar-refractivity contribution >= 4 is 43.7 Å². The lowest BCUT2D eigenvalue weighted by Gasteiger charge is -2.17. The third kappa shape index (κ3) is 6.04. The van der Waals surface area contributed by atoms with Crippen molar-refractivity contribution < 1.29 is 4.42 Å². The Morgan fingerprint density at radius 3 is 1.58 bits per heavy atom. The van der Waals surface area contributed by atoms with E-state index in [1.165, 1.54) is 0 Å². The molecule has 0 bridgehead atoms. The number of benzene rings is 8. The summed E-state index contributed by atoms with van der Waals surface area (Å²) in [6.07, 6.45) is 1.99. The lowest BCUT2D eigenvalue weighted by atomic mass is 9.91. The molecule has 12 rings (SSSR count). The van der Waals surface area contributed by atoms with Gasteiger partial charge in [-0.3, -0.25) is 4.57 Å². The Morgan fingerprint density at radius 1 is 0.323 bits per heavy atom. The fourth-order valence-electron chi connectivity index (χ4n) is 8.75. The molecular weight excluding hydrogens is 759 g/mol. The third-order valence-corrected chi connectivity index (χ3v) is 11.7. The van der Waals surface area contributed by atoms with Crippen molar-refractivity contribution in [1.29, 1.82) is 0 Å². The second kappa shape index (κ2) is 14.7. The number of nitrogens with zero attached hydrogens (tertiary/aromatic N) is 5. The van der Waals surface area contributed by atoms with E-state index >= 15 is 0 Å². The first-order valence-electron chi connectivity index (χ1n) is 20.7. The highest BCUT2D eigenvalue weighted by Gasteiger charge is 2.23. The van der Waals surface area contributed by atoms with E-state index in [0.29, 0.717) is 23.3 Å². The van der Waals surface area contributed by atoms with Gasteiger partial charge in [0.25, 0.3) is 0 Å². The Hall–Kier alpha value is -8.48. The highest BCUT2D eigenvalue weighted by Crippen LogP contribution is 2.42. The molecule has 0 aliphatic carbocycles. The average molecular weight is 794 g/mol. The van der Waals surface area contributed by atoms with Crippen LogP contribution in [0.5, 0.6) is 0 Å². The van der Waals surface area contributed by atoms with Gasteiger partial charge in [-0.15, -0.1) is 0 Å². The summed E-state index contributed by atoms with van der Waals surface area (Å²) in [5.74, 6) is 2.36. The van der Waals surface area contributed by atoms with Gasteiger partial charge < -0.3 is 4.42 Å². The van der Waals surface area contributed by atoms with E-state index in [4.69, 9.17) is 24.4 Å². The van der Waals surface area contributed by atoms with Gasteiger partial charge in [-0.05, 0) is 58.1 Å². The molecule has 290 valence electrons. The first kappa shape index (κ1) is 35.5. The molecule has 0 aliphatic rings. The molecule has 0 radical (unpaired) electrons. The van der Waals surface area contributed by atoms with Crippen LogP contribution in [0.25, 0.3) is 117 Å². The minimum absolute atomic E-state index is 0.512. The third-order valence-electron chi connectivity index (χ3n) is 11.7. The minimum atomic E-state index is 0.512. The van der Waals surface area contributed by atoms with Crippen molar-refractivity contribution in [1.82, 2.24) is 24.5 Å². The summed E-state index contributed by atoms with van der Waals surface area (Å²) in [4.78, 5) is 21.1. The van der Waals surface area contributed by atoms with Crippen LogP contribution in [0.2, 0.25) is 0 Å². The first-order valence-corrected chi connectivity index (χ1v) is 20.7. The minimum Gasteiger partial charge on any atom is -0.456 e. The van der Waals surface area contributed by atoms with Gasteiger partial charge in [-0.1, -0.05) is 170 Å². The Kier molecular flexibility index (Phi) is 8.38. The zero-order chi connectivity index (χ0) is 41.0. The van der Waals surface area contributed by atoms with Gasteiger partial charge in [0.1, 0.15) is 17.0 Å². The molecule has 4 heterocycles. The molecule has 0 unspecified atom stereocenters. The number of aromatic nitrogens is 5. The second-order valence-corrected chi connectivity index (χ2v) is 15.4. The van der Waals surface area contributed by atoms with Crippen LogP contribution in [-0.2, 0) is 0 Å². The highest BCUT2D eigenvalue weighted by molar-refractivity contribution is 6.17. The molecule has 0 atom stereocenters. The summed E-state index contributed by atoms with van der Waals surface area (Å²) in [5, 5.41) is 4.37. The molecular formula is C56H35N5O. The zero-order valence-electron chi connectivity index (χ0n) is 33.4. The standard InChI is InChI=1S/C56H35N5O/c1-5-17-36(18-6-1)40-29-30-42(37-19-7-2-8-20-37)45(31-40)41-32-48(55-59-53(38-21-9-3-10-22-38)58-54(60-55)39-23-11-4-12-24-39)56(57-35-41)61-49-27-15-13-25-43(49)46-33-47-44-26-14-16-28-51(44)62-52(47)34-50(46)61/h1-35H. The van der Waals surface area contributed by atoms with Crippen molar-refractivity contribution in [2.45, 2.75) is 0 Å². The summed E-state index contributed by atoms with van der Waals surface area (Å²) in [6, 6.07) is 71.3. The maximum atomic E-state index is 6.50. The fraction of sp³-hybridized carbons (Fsp3) is 0. The molecule has 12 aromatic rings. The maximum Gasteiger partial charge on any atom is 0.167 e. The Bertz CT molecular complexity index is 3560. The SMILES string of the molecule is c1ccc(-c2ccc(-c3ccccc3)c(-c3cnc(-n4c5ccccc5c5cc6c(cc54)oc4ccccc46)c(-c4nc(-c5ccccc5)nc(-c5ccccc5)n4)c3)c2)cc1. The van der Waals surface area contributed by atoms with Crippen molar-refractivity contribution in [3.8, 4) is 73.4 Å². The van der Waals surface area contributed by atoms with Crippen LogP contribution in [0.4, 0.5) is 0 Å². The zero-order valence-corrected chi connectivity index (χ0v) is 33.4. The number of hydrogen-bond donors (Lipinski definition) is 0. The molecule has 62 heavy (non-hydrogen) atoms. The molecule has 0 saturated heterocycles. The van der Waals surface area contributed by atoms with Gasteiger partial charge in [0.2, 0.25) is 0 Å². The predicted molar refractivity (Wildman–Crippen MR) is 252 cm³/mol. The molecule has 0 amide bonds. The predicted octanol–water partition coefficient (Wildman–Crippen LogP) is 14.3. The monoisotopic (exact) mass is 793 g/mol. The van der Waals surface area contributed by atoms with Crippen LogP contribution in [-0.4, -0.2) is 24.5 Å². The highest BCUT2D eigenvalue weighted by atomic mass is 16.3. The molecule has 0 spiro atoms. The topological polar surface area (TPSA) is 69.6 Å². The maximum absolute atomic E-state index is 6.50. The Balaban J connectivity index is 1.18. The van der Waals surface area contributed by atoms with Crippen LogP contribution in [0.15, 0.2) is 217 Å². The van der Waals surface area contributed by atoms with E-state index in [1.54, 1.807) is 0 Å². The summed E-state index contributed by atoms with van der Waals surface area (Å²) in [7, 11) is 0. The van der Waals surface area contributed by atoms with E-state index < -0.39 is 0 Å². The average Bonchev–Trinajstić information content (AvgIpc) is 3.88. The summed E-state index contributed by atoms with van der Waals surface area (Å²) < 4.78 is 8.74. The molecule has 0 aliphatic heterocycles. The largest absolute Gasteiger partial charge is 0.456 e. The van der Waals surface area contributed by atoms with Crippen LogP contribution in [0.3, 0.4) is 0 Å². The van der Waals surface area contributed by atoms with Crippen LogP contribution in [0, 0.1) is 0 Å². The molecule has 0 fully saturated rings. The number of pyridine rings is 1. The smallest absolute Gasteiger partial charge is 0.167 e. The second-order valence-electron chi connectivity index (χ2n) is 15.4. The molecule has 0 saturated carbocycles. The summed E-state index contributed by atoms with van der Waals surface area (Å²) >= 11 is 0. The van der Waals surface area contributed by atoms with E-state index in [2.05, 4.69) is 132 Å². The van der Waals surface area contributed by atoms with Crippen LogP contribution in [0.1, 0.15) is 0 Å². The number of rotatable bonds is 7. The summed E-state index contributed by atoms with van der Waals surface area (Å²) in [5.41, 5.74) is 12.6. The van der Waals surface area contributed by atoms with Gasteiger partial charge in [0, 0.05) is 50.5 Å². The molecule has 6 heteroatoms. The van der Waals surface area contributed by atoms with Crippen molar-refractivity contribution in [2.24, 2.45) is 0 Å².